The molecule has 15 heteroatoms. The maximum atomic E-state index is 13.5. The fourth-order valence-electron chi connectivity index (χ4n) is 3.63. The van der Waals surface area contributed by atoms with Crippen molar-refractivity contribution in [2.45, 2.75) is 31.2 Å². The van der Waals surface area contributed by atoms with Crippen LogP contribution in [-0.2, 0) is 6.18 Å². The number of anilines is 1. The van der Waals surface area contributed by atoms with E-state index in [1.807, 2.05) is 0 Å². The number of hydrogen-bond donors (Lipinski definition) is 2. The van der Waals surface area contributed by atoms with Gasteiger partial charge in [-0.25, -0.2) is 14.8 Å². The van der Waals surface area contributed by atoms with Crippen molar-refractivity contribution < 1.29 is 31.1 Å². The van der Waals surface area contributed by atoms with Crippen LogP contribution in [0.4, 0.5) is 42.5 Å². The zero-order valence-electron chi connectivity index (χ0n) is 18.5. The number of nitrogens with one attached hydrogen (secondary N) is 2. The van der Waals surface area contributed by atoms with Crippen LogP contribution in [0.1, 0.15) is 24.5 Å². The summed E-state index contributed by atoms with van der Waals surface area (Å²) in [6, 6.07) is 9.87. The lowest BCUT2D eigenvalue weighted by molar-refractivity contribution is -0.137. The number of nitriles is 1. The maximum Gasteiger partial charge on any atom is 0.431 e. The number of rotatable bonds is 2. The molecule has 8 nitrogen and oxygen atoms in total. The molecule has 2 amide bonds. The normalized spacial score (nSPS) is 20.3. The number of amides is 2. The van der Waals surface area contributed by atoms with E-state index in [-0.39, 0.29) is 11.5 Å². The number of guanidine groups is 1. The Morgan fingerprint density at radius 1 is 1.11 bits per heavy atom. The molecular formula is C22H14F6IN7O. The minimum absolute atomic E-state index is 0.295. The molecule has 0 radical (unpaired) electrons. The third-order valence-electron chi connectivity index (χ3n) is 5.41. The summed E-state index contributed by atoms with van der Waals surface area (Å²) in [5.74, 6) is -0.703. The Morgan fingerprint density at radius 2 is 1.78 bits per heavy atom. The summed E-state index contributed by atoms with van der Waals surface area (Å²) < 4.78 is 81.5. The SMILES string of the molecule is C[C@]12CC(C(F)(F)F)=NN1C(NC(=O)Nc1ccc(I)cc1)=N/C2=N\c1ccc(C#N)c(C(F)(F)F)c1. The number of nitrogens with zero attached hydrogens (tertiary/aromatic N) is 5. The molecule has 2 aliphatic rings. The molecule has 2 aromatic rings. The molecule has 0 aliphatic carbocycles. The number of amidine groups is 1. The molecule has 0 unspecified atom stereocenters. The standard InChI is InChI=1S/C22H14F6IN7O/c1-20-9-16(22(26,27)28)35-36(20)18(34-19(37)32-13-6-3-12(29)4-7-13)33-17(20)31-14-5-2-11(10-30)15(8-14)21(23,24)25/h2-8H,9H2,1H3,(H2,31,32,33,34,37)/t20-/m1/s1. The molecule has 192 valence electrons. The monoisotopic (exact) mass is 633 g/mol. The lowest BCUT2D eigenvalue weighted by Crippen LogP contribution is -2.48. The van der Waals surface area contributed by atoms with E-state index in [1.165, 1.54) is 13.0 Å². The first-order chi connectivity index (χ1) is 17.2. The van der Waals surface area contributed by atoms with Crippen molar-refractivity contribution >= 4 is 57.5 Å². The lowest BCUT2D eigenvalue weighted by atomic mass is 9.95. The fraction of sp³-hybridized carbons (Fsp3) is 0.227. The molecule has 4 rings (SSSR count). The van der Waals surface area contributed by atoms with E-state index in [0.29, 0.717) is 11.8 Å². The number of benzene rings is 2. The number of halogens is 7. The second kappa shape index (κ2) is 9.32. The third kappa shape index (κ3) is 5.38. The number of carbonyl (C=O) groups is 1. The Balaban J connectivity index is 1.71. The number of hydrogen-bond acceptors (Lipinski definition) is 5. The van der Waals surface area contributed by atoms with Gasteiger partial charge < -0.3 is 5.32 Å². The molecule has 2 aromatic carbocycles. The Hall–Kier alpha value is -3.68. The number of alkyl halides is 6. The first-order valence-electron chi connectivity index (χ1n) is 10.3. The molecule has 0 fully saturated rings. The topological polar surface area (TPSA) is 105 Å². The number of hydrazone groups is 1. The van der Waals surface area contributed by atoms with Crippen LogP contribution in [0.25, 0.3) is 0 Å². The van der Waals surface area contributed by atoms with Gasteiger partial charge in [-0.15, -0.1) is 0 Å². The van der Waals surface area contributed by atoms with Crippen molar-refractivity contribution in [3.63, 3.8) is 0 Å². The fourth-order valence-corrected chi connectivity index (χ4v) is 3.99. The van der Waals surface area contributed by atoms with E-state index >= 15 is 0 Å². The Kier molecular flexibility index (Phi) is 6.65. The quantitative estimate of drug-likeness (QED) is 0.324. The highest BCUT2D eigenvalue weighted by molar-refractivity contribution is 14.1. The van der Waals surface area contributed by atoms with Crippen molar-refractivity contribution in [2.24, 2.45) is 15.1 Å². The van der Waals surface area contributed by atoms with E-state index < -0.39 is 53.1 Å². The predicted molar refractivity (Wildman–Crippen MR) is 130 cm³/mol. The van der Waals surface area contributed by atoms with Gasteiger partial charge in [0, 0.05) is 15.7 Å². The van der Waals surface area contributed by atoms with Crippen LogP contribution in [-0.4, -0.2) is 40.3 Å². The molecule has 0 aromatic heterocycles. The summed E-state index contributed by atoms with van der Waals surface area (Å²) in [7, 11) is 0. The van der Waals surface area contributed by atoms with Gasteiger partial charge in [-0.05, 0) is 72.0 Å². The molecule has 0 saturated carbocycles. The first-order valence-corrected chi connectivity index (χ1v) is 11.4. The minimum atomic E-state index is -4.86. The van der Waals surface area contributed by atoms with Crippen LogP contribution in [0.3, 0.4) is 0 Å². The van der Waals surface area contributed by atoms with Crippen molar-refractivity contribution in [1.82, 2.24) is 10.3 Å². The Bertz CT molecular complexity index is 1390. The average Bonchev–Trinajstić information content (AvgIpc) is 3.28. The van der Waals surface area contributed by atoms with Gasteiger partial charge in [-0.2, -0.15) is 41.7 Å². The summed E-state index contributed by atoms with van der Waals surface area (Å²) >= 11 is 2.07. The number of fused-ring (bicyclic) bond motifs is 1. The van der Waals surface area contributed by atoms with Gasteiger partial charge in [-0.1, -0.05) is 0 Å². The summed E-state index contributed by atoms with van der Waals surface area (Å²) in [5.41, 5.74) is -4.62. The van der Waals surface area contributed by atoms with Gasteiger partial charge >= 0.3 is 18.4 Å². The second-order valence-electron chi connectivity index (χ2n) is 8.10. The minimum Gasteiger partial charge on any atom is -0.308 e. The van der Waals surface area contributed by atoms with Gasteiger partial charge in [0.25, 0.3) is 0 Å². The summed E-state index contributed by atoms with van der Waals surface area (Å²) in [6.45, 7) is 1.32. The van der Waals surface area contributed by atoms with Gasteiger partial charge in [0.2, 0.25) is 5.96 Å². The van der Waals surface area contributed by atoms with Gasteiger partial charge in [0.1, 0.15) is 11.3 Å². The van der Waals surface area contributed by atoms with Crippen LogP contribution in [0.2, 0.25) is 0 Å². The van der Waals surface area contributed by atoms with Crippen LogP contribution in [0, 0.1) is 14.9 Å². The predicted octanol–water partition coefficient (Wildman–Crippen LogP) is 5.79. The van der Waals surface area contributed by atoms with Gasteiger partial charge in [0.05, 0.1) is 22.9 Å². The van der Waals surface area contributed by atoms with Crippen LogP contribution in [0.5, 0.6) is 0 Å². The number of aliphatic imine (C=N–C) groups is 2. The molecule has 0 spiro atoms. The van der Waals surface area contributed by atoms with E-state index in [0.717, 1.165) is 20.7 Å². The third-order valence-corrected chi connectivity index (χ3v) is 6.13. The smallest absolute Gasteiger partial charge is 0.308 e. The Labute approximate surface area is 218 Å². The molecule has 0 bridgehead atoms. The summed E-state index contributed by atoms with van der Waals surface area (Å²) in [6.07, 6.45) is -10.4. The molecule has 37 heavy (non-hydrogen) atoms. The number of urea groups is 1. The molecule has 2 aliphatic heterocycles. The molecule has 1 atom stereocenters. The summed E-state index contributed by atoms with van der Waals surface area (Å²) in [5, 5.41) is 18.2. The van der Waals surface area contributed by atoms with E-state index in [4.69, 9.17) is 5.26 Å². The summed E-state index contributed by atoms with van der Waals surface area (Å²) in [4.78, 5) is 20.7. The maximum absolute atomic E-state index is 13.5. The van der Waals surface area contributed by atoms with Crippen molar-refractivity contribution in [1.29, 1.82) is 5.26 Å². The highest BCUT2D eigenvalue weighted by Gasteiger charge is 2.56. The average molecular weight is 633 g/mol. The van der Waals surface area contributed by atoms with Crippen LogP contribution in [0.15, 0.2) is 57.6 Å². The van der Waals surface area contributed by atoms with E-state index in [1.54, 1.807) is 24.3 Å². The van der Waals surface area contributed by atoms with Crippen LogP contribution < -0.4 is 10.6 Å². The first kappa shape index (κ1) is 26.4. The largest absolute Gasteiger partial charge is 0.431 e. The van der Waals surface area contributed by atoms with Crippen LogP contribution >= 0.6 is 22.6 Å². The van der Waals surface area contributed by atoms with Crippen molar-refractivity contribution in [2.75, 3.05) is 5.32 Å². The molecule has 2 heterocycles. The molecular weight excluding hydrogens is 619 g/mol. The second-order valence-corrected chi connectivity index (χ2v) is 9.35. The lowest BCUT2D eigenvalue weighted by Gasteiger charge is -2.26. The van der Waals surface area contributed by atoms with Crippen molar-refractivity contribution in [3.8, 4) is 6.07 Å². The highest BCUT2D eigenvalue weighted by Crippen LogP contribution is 2.40. The zero-order chi connectivity index (χ0) is 27.2. The van der Waals surface area contributed by atoms with E-state index in [2.05, 4.69) is 48.3 Å². The molecule has 2 N–H and O–H groups in total. The van der Waals surface area contributed by atoms with Crippen molar-refractivity contribution in [3.05, 3.63) is 57.2 Å². The van der Waals surface area contributed by atoms with Gasteiger partial charge in [0.15, 0.2) is 5.84 Å². The molecule has 0 saturated heterocycles. The zero-order valence-corrected chi connectivity index (χ0v) is 20.7. The highest BCUT2D eigenvalue weighted by atomic mass is 127. The number of carbonyl (C=O) groups excluding carboxylic acids is 1. The van der Waals surface area contributed by atoms with E-state index in [9.17, 15) is 31.1 Å². The van der Waals surface area contributed by atoms with Gasteiger partial charge in [-0.3, -0.25) is 5.32 Å². The Morgan fingerprint density at radius 3 is 2.38 bits per heavy atom.